The first kappa shape index (κ1) is 14.1. The fraction of sp³-hybridized carbons (Fsp3) is 0.400. The topological polar surface area (TPSA) is 71.8 Å². The predicted molar refractivity (Wildman–Crippen MR) is 74.5 cm³/mol. The molecule has 2 aromatic heterocycles. The molecule has 0 unspecified atom stereocenters. The molecule has 2 rings (SSSR count). The van der Waals surface area contributed by atoms with Crippen molar-refractivity contribution in [3.05, 3.63) is 51.6 Å². The van der Waals surface area contributed by atoms with Gasteiger partial charge in [-0.2, -0.15) is 5.26 Å². The van der Waals surface area contributed by atoms with Gasteiger partial charge in [0.25, 0.3) is 5.56 Å². The van der Waals surface area contributed by atoms with Gasteiger partial charge in [0.05, 0.1) is 6.20 Å². The first-order valence-electron chi connectivity index (χ1n) is 6.38. The molecule has 0 radical (unpaired) electrons. The van der Waals surface area contributed by atoms with Crippen molar-refractivity contribution >= 4 is 0 Å². The van der Waals surface area contributed by atoms with Crippen LogP contribution in [0.1, 0.15) is 43.5 Å². The van der Waals surface area contributed by atoms with Crippen LogP contribution in [0.4, 0.5) is 0 Å². The number of hydrogen-bond donors (Lipinski definition) is 0. The molecule has 104 valence electrons. The molecule has 5 heteroatoms. The Kier molecular flexibility index (Phi) is 3.49. The smallest absolute Gasteiger partial charge is 0.269 e. The van der Waals surface area contributed by atoms with Gasteiger partial charge in [0.1, 0.15) is 23.9 Å². The summed E-state index contributed by atoms with van der Waals surface area (Å²) in [5, 5.41) is 9.00. The first-order chi connectivity index (χ1) is 9.32. The van der Waals surface area contributed by atoms with Crippen LogP contribution < -0.4 is 5.56 Å². The highest BCUT2D eigenvalue weighted by Gasteiger charge is 2.19. The third-order valence-corrected chi connectivity index (χ3v) is 3.08. The average Bonchev–Trinajstić information content (AvgIpc) is 2.82. The highest BCUT2D eigenvalue weighted by atomic mass is 16.4. The first-order valence-corrected chi connectivity index (χ1v) is 6.38. The molecule has 2 aromatic rings. The molecule has 0 aromatic carbocycles. The van der Waals surface area contributed by atoms with Gasteiger partial charge < -0.3 is 8.98 Å². The number of nitrogens with zero attached hydrogens (tertiary/aromatic N) is 3. The van der Waals surface area contributed by atoms with E-state index in [0.29, 0.717) is 11.5 Å². The van der Waals surface area contributed by atoms with E-state index >= 15 is 0 Å². The lowest BCUT2D eigenvalue weighted by molar-refractivity contribution is 0.375. The largest absolute Gasteiger partial charge is 0.443 e. The third kappa shape index (κ3) is 2.64. The fourth-order valence-corrected chi connectivity index (χ4v) is 1.80. The SMILES string of the molecule is Cc1ccn(Cc2ncc(C(C)(C)C)o2)c(=O)c1C#N. The van der Waals surface area contributed by atoms with Crippen LogP contribution in [0.5, 0.6) is 0 Å². The van der Waals surface area contributed by atoms with Crippen LogP contribution in [0.15, 0.2) is 27.7 Å². The Morgan fingerprint density at radius 3 is 2.70 bits per heavy atom. The van der Waals surface area contributed by atoms with Crippen molar-refractivity contribution in [2.45, 2.75) is 39.7 Å². The van der Waals surface area contributed by atoms with E-state index in [-0.39, 0.29) is 23.1 Å². The maximum Gasteiger partial charge on any atom is 0.269 e. The summed E-state index contributed by atoms with van der Waals surface area (Å²) in [6.07, 6.45) is 3.33. The van der Waals surface area contributed by atoms with E-state index in [1.807, 2.05) is 26.8 Å². The summed E-state index contributed by atoms with van der Waals surface area (Å²) < 4.78 is 7.09. The Bertz CT molecular complexity index is 727. The molecule has 0 aliphatic carbocycles. The number of oxazole rings is 1. The molecule has 0 spiro atoms. The van der Waals surface area contributed by atoms with Gasteiger partial charge >= 0.3 is 0 Å². The molecule has 0 saturated heterocycles. The second kappa shape index (κ2) is 4.97. The van der Waals surface area contributed by atoms with Crippen molar-refractivity contribution in [1.29, 1.82) is 5.26 Å². The molecular formula is C15H17N3O2. The molecule has 2 heterocycles. The minimum Gasteiger partial charge on any atom is -0.443 e. The van der Waals surface area contributed by atoms with Crippen LogP contribution in [0.2, 0.25) is 0 Å². The normalized spacial score (nSPS) is 11.3. The molecule has 0 saturated carbocycles. The average molecular weight is 271 g/mol. The van der Waals surface area contributed by atoms with Crippen LogP contribution in [-0.4, -0.2) is 9.55 Å². The van der Waals surface area contributed by atoms with Crippen LogP contribution >= 0.6 is 0 Å². The van der Waals surface area contributed by atoms with Gasteiger partial charge in [-0.25, -0.2) is 4.98 Å². The van der Waals surface area contributed by atoms with Gasteiger partial charge in [-0.15, -0.1) is 0 Å². The second-order valence-electron chi connectivity index (χ2n) is 5.79. The minimum absolute atomic E-state index is 0.124. The fourth-order valence-electron chi connectivity index (χ4n) is 1.80. The number of aryl methyl sites for hydroxylation is 1. The van der Waals surface area contributed by atoms with E-state index < -0.39 is 0 Å². The van der Waals surface area contributed by atoms with Crippen molar-refractivity contribution < 1.29 is 4.42 Å². The predicted octanol–water partition coefficient (Wildman–Crippen LogP) is 2.36. The minimum atomic E-state index is -0.317. The summed E-state index contributed by atoms with van der Waals surface area (Å²) in [5.74, 6) is 1.23. The van der Waals surface area contributed by atoms with Crippen LogP contribution in [0.3, 0.4) is 0 Å². The lowest BCUT2D eigenvalue weighted by Crippen LogP contribution is -2.23. The van der Waals surface area contributed by atoms with Gasteiger partial charge in [-0.3, -0.25) is 4.79 Å². The highest BCUT2D eigenvalue weighted by Crippen LogP contribution is 2.22. The molecule has 0 atom stereocenters. The van der Waals surface area contributed by atoms with Crippen LogP contribution in [0, 0.1) is 18.3 Å². The van der Waals surface area contributed by atoms with E-state index in [9.17, 15) is 4.79 Å². The quantitative estimate of drug-likeness (QED) is 0.840. The molecule has 0 bridgehead atoms. The van der Waals surface area contributed by atoms with Crippen molar-refractivity contribution in [3.63, 3.8) is 0 Å². The summed E-state index contributed by atoms with van der Waals surface area (Å²) in [5.41, 5.74) is 0.399. The van der Waals surface area contributed by atoms with E-state index in [1.165, 1.54) is 4.57 Å². The summed E-state index contributed by atoms with van der Waals surface area (Å²) in [7, 11) is 0. The van der Waals surface area contributed by atoms with E-state index in [1.54, 1.807) is 25.4 Å². The monoisotopic (exact) mass is 271 g/mol. The van der Waals surface area contributed by atoms with Gasteiger partial charge in [-0.1, -0.05) is 20.8 Å². The van der Waals surface area contributed by atoms with Gasteiger partial charge in [0.2, 0.25) is 5.89 Å². The van der Waals surface area contributed by atoms with E-state index in [4.69, 9.17) is 9.68 Å². The zero-order valence-electron chi connectivity index (χ0n) is 12.1. The zero-order chi connectivity index (χ0) is 14.9. The van der Waals surface area contributed by atoms with Crippen molar-refractivity contribution in [2.24, 2.45) is 0 Å². The Hall–Kier alpha value is -2.35. The highest BCUT2D eigenvalue weighted by molar-refractivity contribution is 5.34. The maximum atomic E-state index is 12.1. The number of aromatic nitrogens is 2. The Labute approximate surface area is 117 Å². The summed E-state index contributed by atoms with van der Waals surface area (Å²) in [6.45, 7) is 8.06. The summed E-state index contributed by atoms with van der Waals surface area (Å²) >= 11 is 0. The van der Waals surface area contributed by atoms with Crippen molar-refractivity contribution in [1.82, 2.24) is 9.55 Å². The third-order valence-electron chi connectivity index (χ3n) is 3.08. The molecular weight excluding hydrogens is 254 g/mol. The standard InChI is InChI=1S/C15H17N3O2/c1-10-5-6-18(14(19)11(10)7-16)9-13-17-8-12(20-13)15(2,3)4/h5-6,8H,9H2,1-4H3. The molecule has 0 amide bonds. The van der Waals surface area contributed by atoms with Crippen LogP contribution in [0.25, 0.3) is 0 Å². The van der Waals surface area contributed by atoms with Crippen LogP contribution in [-0.2, 0) is 12.0 Å². The van der Waals surface area contributed by atoms with Gasteiger partial charge in [0, 0.05) is 11.6 Å². The van der Waals surface area contributed by atoms with Gasteiger partial charge in [0.15, 0.2) is 0 Å². The molecule has 0 fully saturated rings. The number of nitriles is 1. The molecule has 0 aliphatic rings. The molecule has 0 aliphatic heterocycles. The molecule has 5 nitrogen and oxygen atoms in total. The number of rotatable bonds is 2. The maximum absolute atomic E-state index is 12.1. The molecule has 0 N–H and O–H groups in total. The van der Waals surface area contributed by atoms with Gasteiger partial charge in [-0.05, 0) is 18.6 Å². The van der Waals surface area contributed by atoms with E-state index in [0.717, 1.165) is 5.76 Å². The Morgan fingerprint density at radius 2 is 2.15 bits per heavy atom. The number of hydrogen-bond acceptors (Lipinski definition) is 4. The van der Waals surface area contributed by atoms with Crippen molar-refractivity contribution in [2.75, 3.05) is 0 Å². The lowest BCUT2D eigenvalue weighted by Gasteiger charge is -2.13. The Morgan fingerprint density at radius 1 is 1.45 bits per heavy atom. The summed E-state index contributed by atoms with van der Waals surface area (Å²) in [4.78, 5) is 16.3. The zero-order valence-corrected chi connectivity index (χ0v) is 12.1. The van der Waals surface area contributed by atoms with Crippen molar-refractivity contribution in [3.8, 4) is 6.07 Å². The van der Waals surface area contributed by atoms with E-state index in [2.05, 4.69) is 4.98 Å². The molecule has 20 heavy (non-hydrogen) atoms. The second-order valence-corrected chi connectivity index (χ2v) is 5.79. The Balaban J connectivity index is 2.35. The summed E-state index contributed by atoms with van der Waals surface area (Å²) in [6, 6.07) is 3.68. The number of pyridine rings is 1. The lowest BCUT2D eigenvalue weighted by atomic mass is 9.94.